The quantitative estimate of drug-likeness (QED) is 0.783. The first-order chi connectivity index (χ1) is 9.70. The van der Waals surface area contributed by atoms with Crippen molar-refractivity contribution in [2.24, 2.45) is 0 Å². The molecule has 4 nitrogen and oxygen atoms in total. The topological polar surface area (TPSA) is 50.7 Å². The maximum atomic E-state index is 5.86. The van der Waals surface area contributed by atoms with E-state index in [2.05, 4.69) is 20.3 Å². The van der Waals surface area contributed by atoms with Gasteiger partial charge in [-0.3, -0.25) is 0 Å². The molecule has 0 saturated heterocycles. The summed E-state index contributed by atoms with van der Waals surface area (Å²) in [7, 11) is 0. The average molecular weight is 303 g/mol. The Kier molecular flexibility index (Phi) is 3.62. The van der Waals surface area contributed by atoms with Gasteiger partial charge in [-0.25, -0.2) is 15.0 Å². The zero-order chi connectivity index (χ0) is 13.9. The van der Waals surface area contributed by atoms with Gasteiger partial charge in [0.25, 0.3) is 0 Å². The monoisotopic (exact) mass is 302 g/mol. The summed E-state index contributed by atoms with van der Waals surface area (Å²) in [6, 6.07) is 9.25. The van der Waals surface area contributed by atoms with Crippen molar-refractivity contribution in [2.45, 2.75) is 6.92 Å². The molecule has 0 saturated carbocycles. The van der Waals surface area contributed by atoms with Gasteiger partial charge in [0.1, 0.15) is 10.7 Å². The minimum atomic E-state index is 0.540. The van der Waals surface area contributed by atoms with Gasteiger partial charge in [-0.2, -0.15) is 0 Å². The van der Waals surface area contributed by atoms with Crippen LogP contribution < -0.4 is 5.32 Å². The Bertz CT molecular complexity index is 724. The lowest BCUT2D eigenvalue weighted by Gasteiger charge is -2.05. The minimum Gasteiger partial charge on any atom is -0.324 e. The molecule has 100 valence electrons. The van der Waals surface area contributed by atoms with Crippen molar-refractivity contribution in [3.8, 4) is 10.7 Å². The van der Waals surface area contributed by atoms with Crippen LogP contribution in [-0.4, -0.2) is 15.0 Å². The Morgan fingerprint density at radius 3 is 2.60 bits per heavy atom. The molecule has 0 atom stereocenters. The Hall–Kier alpha value is -1.98. The summed E-state index contributed by atoms with van der Waals surface area (Å²) < 4.78 is 0. The number of rotatable bonds is 3. The van der Waals surface area contributed by atoms with Crippen molar-refractivity contribution >= 4 is 34.6 Å². The number of aromatic nitrogens is 3. The van der Waals surface area contributed by atoms with Crippen molar-refractivity contribution in [1.82, 2.24) is 15.0 Å². The van der Waals surface area contributed by atoms with Gasteiger partial charge < -0.3 is 5.32 Å². The zero-order valence-electron chi connectivity index (χ0n) is 10.7. The first-order valence-corrected chi connectivity index (χ1v) is 7.18. The highest BCUT2D eigenvalue weighted by atomic mass is 35.5. The number of halogens is 1. The van der Waals surface area contributed by atoms with Crippen molar-refractivity contribution < 1.29 is 0 Å². The fourth-order valence-electron chi connectivity index (χ4n) is 1.67. The maximum Gasteiger partial charge on any atom is 0.227 e. The van der Waals surface area contributed by atoms with Gasteiger partial charge in [-0.15, -0.1) is 11.3 Å². The second-order valence-electron chi connectivity index (χ2n) is 4.17. The first-order valence-electron chi connectivity index (χ1n) is 5.99. The van der Waals surface area contributed by atoms with Crippen LogP contribution in [0.5, 0.6) is 0 Å². The summed E-state index contributed by atoms with van der Waals surface area (Å²) in [5, 5.41) is 4.73. The molecule has 0 aliphatic heterocycles. The van der Waals surface area contributed by atoms with Crippen molar-refractivity contribution in [3.05, 3.63) is 52.6 Å². The standard InChI is InChI=1S/C14H11ClN4S/c1-9-8-17-13(20-9)12-6-7-16-14(19-12)18-11-4-2-10(15)3-5-11/h2-8H,1H3,(H,16,18,19). The van der Waals surface area contributed by atoms with E-state index in [1.54, 1.807) is 17.5 Å². The van der Waals surface area contributed by atoms with E-state index >= 15 is 0 Å². The number of benzene rings is 1. The number of anilines is 2. The van der Waals surface area contributed by atoms with Crippen molar-refractivity contribution in [3.63, 3.8) is 0 Å². The summed E-state index contributed by atoms with van der Waals surface area (Å²) in [4.78, 5) is 14.2. The van der Waals surface area contributed by atoms with Gasteiger partial charge in [-0.05, 0) is 37.3 Å². The van der Waals surface area contributed by atoms with Crippen molar-refractivity contribution in [2.75, 3.05) is 5.32 Å². The van der Waals surface area contributed by atoms with Gasteiger partial charge >= 0.3 is 0 Å². The fraction of sp³-hybridized carbons (Fsp3) is 0.0714. The molecule has 0 spiro atoms. The molecule has 0 aliphatic carbocycles. The zero-order valence-corrected chi connectivity index (χ0v) is 12.2. The highest BCUT2D eigenvalue weighted by molar-refractivity contribution is 7.14. The molecule has 2 heterocycles. The summed E-state index contributed by atoms with van der Waals surface area (Å²) in [6.07, 6.45) is 3.56. The molecule has 3 rings (SSSR count). The molecular formula is C14H11ClN4S. The Morgan fingerprint density at radius 1 is 1.10 bits per heavy atom. The molecule has 0 bridgehead atoms. The maximum absolute atomic E-state index is 5.86. The molecule has 3 aromatic rings. The van der Waals surface area contributed by atoms with E-state index in [-0.39, 0.29) is 0 Å². The second-order valence-corrected chi connectivity index (χ2v) is 5.84. The molecular weight excluding hydrogens is 292 g/mol. The van der Waals surface area contributed by atoms with Gasteiger partial charge in [0, 0.05) is 28.0 Å². The predicted octanol–water partition coefficient (Wildman–Crippen LogP) is 4.31. The SMILES string of the molecule is Cc1cnc(-c2ccnc(Nc3ccc(Cl)cc3)n2)s1. The van der Waals surface area contributed by atoms with E-state index in [0.29, 0.717) is 11.0 Å². The molecule has 2 aromatic heterocycles. The number of hydrogen-bond acceptors (Lipinski definition) is 5. The van der Waals surface area contributed by atoms with Crippen LogP contribution in [0.15, 0.2) is 42.7 Å². The Morgan fingerprint density at radius 2 is 1.90 bits per heavy atom. The Balaban J connectivity index is 1.86. The van der Waals surface area contributed by atoms with E-state index in [4.69, 9.17) is 11.6 Å². The third-order valence-corrected chi connectivity index (χ3v) is 3.78. The highest BCUT2D eigenvalue weighted by Crippen LogP contribution is 2.24. The number of nitrogens with zero attached hydrogens (tertiary/aromatic N) is 3. The summed E-state index contributed by atoms with van der Waals surface area (Å²) in [6.45, 7) is 2.02. The predicted molar refractivity (Wildman–Crippen MR) is 82.6 cm³/mol. The lowest BCUT2D eigenvalue weighted by molar-refractivity contribution is 1.16. The Labute approximate surface area is 125 Å². The molecule has 0 radical (unpaired) electrons. The van der Waals surface area contributed by atoms with Crippen LogP contribution in [0.25, 0.3) is 10.7 Å². The molecule has 1 N–H and O–H groups in total. The normalized spacial score (nSPS) is 10.5. The van der Waals surface area contributed by atoms with Crippen LogP contribution in [0.3, 0.4) is 0 Å². The van der Waals surface area contributed by atoms with Crippen molar-refractivity contribution in [1.29, 1.82) is 0 Å². The second kappa shape index (κ2) is 5.56. The molecule has 0 amide bonds. The fourth-order valence-corrected chi connectivity index (χ4v) is 2.53. The van der Waals surface area contributed by atoms with E-state index < -0.39 is 0 Å². The number of nitrogens with one attached hydrogen (secondary N) is 1. The van der Waals surface area contributed by atoms with Crippen LogP contribution in [0.2, 0.25) is 5.02 Å². The van der Waals surface area contributed by atoms with E-state index in [1.807, 2.05) is 43.5 Å². The lowest BCUT2D eigenvalue weighted by Crippen LogP contribution is -1.97. The molecule has 0 aliphatic rings. The van der Waals surface area contributed by atoms with Gasteiger partial charge in [-0.1, -0.05) is 11.6 Å². The first kappa shape index (κ1) is 13.0. The highest BCUT2D eigenvalue weighted by Gasteiger charge is 2.06. The molecule has 0 unspecified atom stereocenters. The van der Waals surface area contributed by atoms with E-state index in [1.165, 1.54) is 0 Å². The van der Waals surface area contributed by atoms with Gasteiger partial charge in [0.05, 0.1) is 0 Å². The summed E-state index contributed by atoms with van der Waals surface area (Å²) in [5.74, 6) is 0.540. The van der Waals surface area contributed by atoms with Crippen LogP contribution in [-0.2, 0) is 0 Å². The van der Waals surface area contributed by atoms with Crippen LogP contribution in [0, 0.1) is 6.92 Å². The smallest absolute Gasteiger partial charge is 0.227 e. The number of aryl methyl sites for hydroxylation is 1. The molecule has 0 fully saturated rings. The van der Waals surface area contributed by atoms with Gasteiger partial charge in [0.15, 0.2) is 0 Å². The molecule has 6 heteroatoms. The summed E-state index contributed by atoms with van der Waals surface area (Å²) in [5.41, 5.74) is 1.71. The average Bonchev–Trinajstić information content (AvgIpc) is 2.89. The van der Waals surface area contributed by atoms with Crippen LogP contribution >= 0.6 is 22.9 Å². The van der Waals surface area contributed by atoms with Crippen LogP contribution in [0.4, 0.5) is 11.6 Å². The third-order valence-electron chi connectivity index (χ3n) is 2.60. The van der Waals surface area contributed by atoms with Crippen LogP contribution in [0.1, 0.15) is 4.88 Å². The third kappa shape index (κ3) is 2.95. The number of hydrogen-bond donors (Lipinski definition) is 1. The molecule has 20 heavy (non-hydrogen) atoms. The minimum absolute atomic E-state index is 0.540. The van der Waals surface area contributed by atoms with E-state index in [0.717, 1.165) is 21.3 Å². The number of thiazole rings is 1. The molecule has 1 aromatic carbocycles. The largest absolute Gasteiger partial charge is 0.324 e. The lowest BCUT2D eigenvalue weighted by atomic mass is 10.3. The van der Waals surface area contributed by atoms with E-state index in [9.17, 15) is 0 Å². The summed E-state index contributed by atoms with van der Waals surface area (Å²) >= 11 is 7.47. The van der Waals surface area contributed by atoms with Gasteiger partial charge in [0.2, 0.25) is 5.95 Å².